The molecule has 0 aliphatic carbocycles. The lowest BCUT2D eigenvalue weighted by Gasteiger charge is -1.99. The van der Waals surface area contributed by atoms with Crippen LogP contribution in [0.3, 0.4) is 0 Å². The number of unbranched alkanes of at least 4 members (excludes halogenated alkanes) is 1. The SMILES string of the molecule is CCC/C=C/COS(=O)c1ccccc1. The minimum Gasteiger partial charge on any atom is -0.283 e. The maximum absolute atomic E-state index is 11.5. The van der Waals surface area contributed by atoms with Gasteiger partial charge in [-0.05, 0) is 18.6 Å². The Labute approximate surface area is 93.6 Å². The molecule has 1 aromatic rings. The Morgan fingerprint density at radius 3 is 2.67 bits per heavy atom. The molecule has 0 saturated carbocycles. The summed E-state index contributed by atoms with van der Waals surface area (Å²) >= 11 is -1.34. The van der Waals surface area contributed by atoms with Crippen molar-refractivity contribution in [3.63, 3.8) is 0 Å². The Kier molecular flexibility index (Phi) is 5.97. The van der Waals surface area contributed by atoms with Gasteiger partial charge < -0.3 is 0 Å². The highest BCUT2D eigenvalue weighted by Gasteiger charge is 2.00. The minimum absolute atomic E-state index is 0.404. The van der Waals surface area contributed by atoms with Crippen molar-refractivity contribution < 1.29 is 8.39 Å². The van der Waals surface area contributed by atoms with E-state index in [1.807, 2.05) is 30.4 Å². The molecule has 0 bridgehead atoms. The zero-order valence-electron chi connectivity index (χ0n) is 8.89. The van der Waals surface area contributed by atoms with Gasteiger partial charge in [-0.25, -0.2) is 4.21 Å². The van der Waals surface area contributed by atoms with Crippen LogP contribution in [0.25, 0.3) is 0 Å². The summed E-state index contributed by atoms with van der Waals surface area (Å²) in [5.74, 6) is 0. The van der Waals surface area contributed by atoms with Gasteiger partial charge in [0.2, 0.25) is 0 Å². The zero-order chi connectivity index (χ0) is 10.9. The molecule has 1 atom stereocenters. The summed E-state index contributed by atoms with van der Waals surface area (Å²) in [6, 6.07) is 9.19. The van der Waals surface area contributed by atoms with Crippen molar-refractivity contribution in [3.05, 3.63) is 42.5 Å². The molecule has 82 valence electrons. The van der Waals surface area contributed by atoms with E-state index < -0.39 is 11.1 Å². The summed E-state index contributed by atoms with van der Waals surface area (Å²) in [4.78, 5) is 0.710. The van der Waals surface area contributed by atoms with Gasteiger partial charge in [0.25, 0.3) is 0 Å². The molecule has 0 saturated heterocycles. The van der Waals surface area contributed by atoms with Crippen LogP contribution in [0.2, 0.25) is 0 Å². The van der Waals surface area contributed by atoms with Gasteiger partial charge in [-0.2, -0.15) is 0 Å². The summed E-state index contributed by atoms with van der Waals surface area (Å²) < 4.78 is 16.7. The van der Waals surface area contributed by atoms with Gasteiger partial charge in [-0.1, -0.05) is 43.7 Å². The maximum Gasteiger partial charge on any atom is 0.189 e. The molecule has 0 aliphatic heterocycles. The van der Waals surface area contributed by atoms with Gasteiger partial charge >= 0.3 is 0 Å². The van der Waals surface area contributed by atoms with Crippen LogP contribution in [0.15, 0.2) is 47.4 Å². The molecule has 1 unspecified atom stereocenters. The quantitative estimate of drug-likeness (QED) is 0.694. The maximum atomic E-state index is 11.5. The number of rotatable bonds is 6. The normalized spacial score (nSPS) is 13.1. The van der Waals surface area contributed by atoms with Crippen molar-refractivity contribution in [2.45, 2.75) is 24.7 Å². The minimum atomic E-state index is -1.34. The molecule has 2 nitrogen and oxygen atoms in total. The van der Waals surface area contributed by atoms with E-state index in [0.29, 0.717) is 11.5 Å². The summed E-state index contributed by atoms with van der Waals surface area (Å²) in [5, 5.41) is 0. The van der Waals surface area contributed by atoms with Crippen molar-refractivity contribution in [1.29, 1.82) is 0 Å². The van der Waals surface area contributed by atoms with Crippen LogP contribution < -0.4 is 0 Å². The first kappa shape index (κ1) is 12.1. The van der Waals surface area contributed by atoms with Crippen LogP contribution >= 0.6 is 0 Å². The van der Waals surface area contributed by atoms with Crippen molar-refractivity contribution in [3.8, 4) is 0 Å². The fraction of sp³-hybridized carbons (Fsp3) is 0.333. The highest BCUT2D eigenvalue weighted by atomic mass is 32.2. The average Bonchev–Trinajstić information content (AvgIpc) is 2.30. The smallest absolute Gasteiger partial charge is 0.189 e. The summed E-state index contributed by atoms with van der Waals surface area (Å²) in [6.07, 6.45) is 6.12. The second-order valence-electron chi connectivity index (χ2n) is 3.09. The number of benzene rings is 1. The van der Waals surface area contributed by atoms with E-state index in [1.165, 1.54) is 0 Å². The van der Waals surface area contributed by atoms with Crippen LogP contribution in [0.5, 0.6) is 0 Å². The fourth-order valence-electron chi connectivity index (χ4n) is 1.05. The molecule has 0 amide bonds. The first-order chi connectivity index (χ1) is 7.34. The highest BCUT2D eigenvalue weighted by molar-refractivity contribution is 7.80. The molecule has 0 radical (unpaired) electrons. The molecule has 1 aromatic carbocycles. The molecular weight excluding hydrogens is 208 g/mol. The lowest BCUT2D eigenvalue weighted by Crippen LogP contribution is -1.97. The van der Waals surface area contributed by atoms with Crippen LogP contribution in [0, 0.1) is 0 Å². The van der Waals surface area contributed by atoms with E-state index in [-0.39, 0.29) is 0 Å². The van der Waals surface area contributed by atoms with E-state index in [1.54, 1.807) is 12.1 Å². The summed E-state index contributed by atoms with van der Waals surface area (Å²) in [6.45, 7) is 2.52. The number of allylic oxidation sites excluding steroid dienone is 1. The van der Waals surface area contributed by atoms with Gasteiger partial charge in [0, 0.05) is 0 Å². The van der Waals surface area contributed by atoms with Gasteiger partial charge in [0.05, 0.1) is 11.5 Å². The molecule has 0 heterocycles. The van der Waals surface area contributed by atoms with Crippen molar-refractivity contribution in [2.24, 2.45) is 0 Å². The Morgan fingerprint density at radius 1 is 1.27 bits per heavy atom. The lowest BCUT2D eigenvalue weighted by atomic mass is 10.3. The third-order valence-corrected chi connectivity index (χ3v) is 2.84. The predicted octanol–water partition coefficient (Wildman–Crippen LogP) is 3.08. The van der Waals surface area contributed by atoms with Crippen molar-refractivity contribution >= 4 is 11.1 Å². The summed E-state index contributed by atoms with van der Waals surface area (Å²) in [5.41, 5.74) is 0. The first-order valence-corrected chi connectivity index (χ1v) is 6.17. The molecule has 15 heavy (non-hydrogen) atoms. The number of hydrogen-bond donors (Lipinski definition) is 0. The van der Waals surface area contributed by atoms with Gasteiger partial charge in [0.1, 0.15) is 0 Å². The fourth-order valence-corrected chi connectivity index (χ4v) is 1.77. The lowest BCUT2D eigenvalue weighted by molar-refractivity contribution is 0.394. The van der Waals surface area contributed by atoms with E-state index in [4.69, 9.17) is 4.18 Å². The van der Waals surface area contributed by atoms with Gasteiger partial charge in [0.15, 0.2) is 11.1 Å². The molecule has 0 fully saturated rings. The van der Waals surface area contributed by atoms with E-state index in [0.717, 1.165) is 12.8 Å². The van der Waals surface area contributed by atoms with Crippen molar-refractivity contribution in [2.75, 3.05) is 6.61 Å². The van der Waals surface area contributed by atoms with Crippen LogP contribution in [0.4, 0.5) is 0 Å². The average molecular weight is 224 g/mol. The molecular formula is C12H16O2S. The molecule has 0 spiro atoms. The Morgan fingerprint density at radius 2 is 2.00 bits per heavy atom. The predicted molar refractivity (Wildman–Crippen MR) is 62.9 cm³/mol. The topological polar surface area (TPSA) is 26.3 Å². The molecule has 0 aromatic heterocycles. The zero-order valence-corrected chi connectivity index (χ0v) is 9.70. The van der Waals surface area contributed by atoms with Crippen LogP contribution in [-0.2, 0) is 15.3 Å². The first-order valence-electron chi connectivity index (χ1n) is 5.09. The van der Waals surface area contributed by atoms with Crippen LogP contribution in [0.1, 0.15) is 19.8 Å². The molecule has 3 heteroatoms. The van der Waals surface area contributed by atoms with E-state index in [2.05, 4.69) is 6.92 Å². The molecule has 0 aliphatic rings. The summed E-state index contributed by atoms with van der Waals surface area (Å²) in [7, 11) is 0. The second kappa shape index (κ2) is 7.37. The Hall–Kier alpha value is -0.930. The third kappa shape index (κ3) is 4.91. The number of hydrogen-bond acceptors (Lipinski definition) is 2. The van der Waals surface area contributed by atoms with Gasteiger partial charge in [-0.15, -0.1) is 0 Å². The molecule has 1 rings (SSSR count). The Bertz CT molecular complexity index is 320. The Balaban J connectivity index is 2.31. The van der Waals surface area contributed by atoms with E-state index in [9.17, 15) is 4.21 Å². The highest BCUT2D eigenvalue weighted by Crippen LogP contribution is 2.06. The standard InChI is InChI=1S/C12H16O2S/c1-2-3-4-8-11-14-15(13)12-9-6-5-7-10-12/h4-10H,2-3,11H2,1H3/b8-4+. The molecule has 0 N–H and O–H groups in total. The second-order valence-corrected chi connectivity index (χ2v) is 4.27. The monoisotopic (exact) mass is 224 g/mol. The van der Waals surface area contributed by atoms with Crippen molar-refractivity contribution in [1.82, 2.24) is 0 Å². The van der Waals surface area contributed by atoms with Crippen LogP contribution in [-0.4, -0.2) is 10.8 Å². The van der Waals surface area contributed by atoms with E-state index >= 15 is 0 Å². The third-order valence-electron chi connectivity index (χ3n) is 1.83. The van der Waals surface area contributed by atoms with Gasteiger partial charge in [-0.3, -0.25) is 4.18 Å². The largest absolute Gasteiger partial charge is 0.283 e.